The van der Waals surface area contributed by atoms with Gasteiger partial charge >= 0.3 is 6.09 Å². The van der Waals surface area contributed by atoms with E-state index < -0.39 is 27.9 Å². The van der Waals surface area contributed by atoms with Crippen LogP contribution in [0.3, 0.4) is 0 Å². The lowest BCUT2D eigenvalue weighted by Crippen LogP contribution is -2.36. The molecule has 0 aliphatic carbocycles. The van der Waals surface area contributed by atoms with E-state index in [9.17, 15) is 13.2 Å². The average Bonchev–Trinajstić information content (AvgIpc) is 2.19. The Bertz CT molecular complexity index is 385. The summed E-state index contributed by atoms with van der Waals surface area (Å²) in [6.07, 6.45) is 1.18. The number of nitrogens with zero attached hydrogens (tertiary/aromatic N) is 1. The van der Waals surface area contributed by atoms with Crippen LogP contribution in [-0.4, -0.2) is 51.0 Å². The zero-order valence-corrected chi connectivity index (χ0v) is 13.4. The van der Waals surface area contributed by atoms with Gasteiger partial charge in [0.25, 0.3) is 10.1 Å². The lowest BCUT2D eigenvalue weighted by Gasteiger charge is -2.25. The van der Waals surface area contributed by atoms with Gasteiger partial charge in [-0.1, -0.05) is 6.92 Å². The van der Waals surface area contributed by atoms with Crippen LogP contribution >= 0.6 is 0 Å². The Hall–Kier alpha value is -0.820. The number of ether oxygens (including phenoxy) is 1. The van der Waals surface area contributed by atoms with Crippen molar-refractivity contribution in [1.82, 2.24) is 4.90 Å². The van der Waals surface area contributed by atoms with Crippen LogP contribution in [0.15, 0.2) is 0 Å². The Morgan fingerprint density at radius 3 is 2.21 bits per heavy atom. The second-order valence-electron chi connectivity index (χ2n) is 5.52. The highest BCUT2D eigenvalue weighted by Gasteiger charge is 2.21. The van der Waals surface area contributed by atoms with E-state index in [-0.39, 0.29) is 0 Å². The van der Waals surface area contributed by atoms with Gasteiger partial charge in [0.1, 0.15) is 5.60 Å². The van der Waals surface area contributed by atoms with E-state index >= 15 is 0 Å². The van der Waals surface area contributed by atoms with Crippen molar-refractivity contribution in [2.24, 2.45) is 0 Å². The van der Waals surface area contributed by atoms with E-state index in [1.54, 1.807) is 27.8 Å². The van der Waals surface area contributed by atoms with Crippen LogP contribution in [0.4, 0.5) is 4.79 Å². The van der Waals surface area contributed by atoms with Gasteiger partial charge in [0.2, 0.25) is 0 Å². The molecule has 0 saturated carbocycles. The zero-order valence-electron chi connectivity index (χ0n) is 12.6. The molecule has 0 bridgehead atoms. The molecule has 114 valence electrons. The van der Waals surface area contributed by atoms with E-state index in [0.29, 0.717) is 19.4 Å². The van der Waals surface area contributed by atoms with E-state index in [4.69, 9.17) is 8.92 Å². The smallest absolute Gasteiger partial charge is 0.410 e. The Balaban J connectivity index is 4.27. The SMILES string of the molecule is CCC(CCN(C)C(=O)OC(C)(C)C)OS(C)(=O)=O. The van der Waals surface area contributed by atoms with Crippen molar-refractivity contribution in [3.8, 4) is 0 Å². The normalized spacial score (nSPS) is 14.0. The number of hydrogen-bond acceptors (Lipinski definition) is 5. The second-order valence-corrected chi connectivity index (χ2v) is 7.12. The molecule has 0 aliphatic heterocycles. The van der Waals surface area contributed by atoms with Gasteiger partial charge in [-0.3, -0.25) is 4.18 Å². The summed E-state index contributed by atoms with van der Waals surface area (Å²) in [7, 11) is -1.85. The molecule has 0 spiro atoms. The third kappa shape index (κ3) is 9.72. The molecule has 1 atom stereocenters. The Morgan fingerprint density at radius 2 is 1.84 bits per heavy atom. The lowest BCUT2D eigenvalue weighted by atomic mass is 10.2. The fourth-order valence-electron chi connectivity index (χ4n) is 1.34. The average molecular weight is 295 g/mol. The predicted octanol–water partition coefficient (Wildman–Crippen LogP) is 2.00. The maximum absolute atomic E-state index is 11.7. The molecule has 0 aromatic carbocycles. The number of hydrogen-bond donors (Lipinski definition) is 0. The van der Waals surface area contributed by atoms with Gasteiger partial charge in [0.15, 0.2) is 0 Å². The van der Waals surface area contributed by atoms with Gasteiger partial charge in [-0.15, -0.1) is 0 Å². The summed E-state index contributed by atoms with van der Waals surface area (Å²) in [5.41, 5.74) is -0.543. The van der Waals surface area contributed by atoms with Crippen molar-refractivity contribution < 1.29 is 22.1 Å². The molecule has 1 unspecified atom stereocenters. The van der Waals surface area contributed by atoms with Gasteiger partial charge in [0.05, 0.1) is 12.4 Å². The fourth-order valence-corrected chi connectivity index (χ4v) is 2.06. The predicted molar refractivity (Wildman–Crippen MR) is 73.5 cm³/mol. The molecule has 19 heavy (non-hydrogen) atoms. The first-order valence-corrected chi connectivity index (χ1v) is 8.08. The summed E-state index contributed by atoms with van der Waals surface area (Å²) in [5, 5.41) is 0. The molecule has 0 radical (unpaired) electrons. The molecule has 0 N–H and O–H groups in total. The van der Waals surface area contributed by atoms with Crippen LogP contribution in [-0.2, 0) is 19.0 Å². The van der Waals surface area contributed by atoms with Gasteiger partial charge < -0.3 is 9.64 Å². The largest absolute Gasteiger partial charge is 0.444 e. The van der Waals surface area contributed by atoms with Crippen molar-refractivity contribution in [2.75, 3.05) is 19.8 Å². The summed E-state index contributed by atoms with van der Waals surface area (Å²) in [5.74, 6) is 0. The Kier molecular flexibility index (Phi) is 6.79. The summed E-state index contributed by atoms with van der Waals surface area (Å²) in [6.45, 7) is 7.59. The molecular formula is C12H25NO5S. The third-order valence-electron chi connectivity index (χ3n) is 2.26. The van der Waals surface area contributed by atoms with Crippen molar-refractivity contribution in [2.45, 2.75) is 52.2 Å². The van der Waals surface area contributed by atoms with Crippen molar-refractivity contribution in [1.29, 1.82) is 0 Å². The number of amides is 1. The van der Waals surface area contributed by atoms with Gasteiger partial charge in [-0.2, -0.15) is 8.42 Å². The summed E-state index contributed by atoms with van der Waals surface area (Å²) >= 11 is 0. The van der Waals surface area contributed by atoms with Gasteiger partial charge in [0, 0.05) is 13.6 Å². The highest BCUT2D eigenvalue weighted by Crippen LogP contribution is 2.11. The van der Waals surface area contributed by atoms with Crippen molar-refractivity contribution in [3.05, 3.63) is 0 Å². The molecule has 0 rings (SSSR count). The number of carbonyl (C=O) groups is 1. The van der Waals surface area contributed by atoms with Crippen molar-refractivity contribution in [3.63, 3.8) is 0 Å². The molecule has 0 heterocycles. The van der Waals surface area contributed by atoms with Crippen LogP contribution in [0.1, 0.15) is 40.5 Å². The van der Waals surface area contributed by atoms with Gasteiger partial charge in [-0.25, -0.2) is 4.79 Å². The molecular weight excluding hydrogens is 270 g/mol. The molecule has 1 amide bonds. The maximum atomic E-state index is 11.7. The van der Waals surface area contributed by atoms with Crippen LogP contribution in [0, 0.1) is 0 Å². The molecule has 0 aliphatic rings. The maximum Gasteiger partial charge on any atom is 0.410 e. The summed E-state index contributed by atoms with van der Waals surface area (Å²) in [6, 6.07) is 0. The molecule has 0 fully saturated rings. The van der Waals surface area contributed by atoms with Crippen LogP contribution in [0.25, 0.3) is 0 Å². The molecule has 6 nitrogen and oxygen atoms in total. The standard InChI is InChI=1S/C12H25NO5S/c1-7-10(18-19(6,15)16)8-9-13(5)11(14)17-12(2,3)4/h10H,7-9H2,1-6H3. The summed E-state index contributed by atoms with van der Waals surface area (Å²) < 4.78 is 32.2. The van der Waals surface area contributed by atoms with E-state index in [1.807, 2.05) is 6.92 Å². The quantitative estimate of drug-likeness (QED) is 0.701. The molecule has 0 saturated heterocycles. The van der Waals surface area contributed by atoms with E-state index in [2.05, 4.69) is 0 Å². The number of carbonyl (C=O) groups excluding carboxylic acids is 1. The minimum atomic E-state index is -3.47. The lowest BCUT2D eigenvalue weighted by molar-refractivity contribution is 0.0280. The van der Waals surface area contributed by atoms with Crippen LogP contribution in [0.2, 0.25) is 0 Å². The van der Waals surface area contributed by atoms with E-state index in [1.165, 1.54) is 4.90 Å². The second kappa shape index (κ2) is 7.09. The molecule has 0 aromatic rings. The van der Waals surface area contributed by atoms with Crippen LogP contribution in [0.5, 0.6) is 0 Å². The topological polar surface area (TPSA) is 72.9 Å². The van der Waals surface area contributed by atoms with Crippen molar-refractivity contribution >= 4 is 16.2 Å². The van der Waals surface area contributed by atoms with Crippen LogP contribution < -0.4 is 0 Å². The molecule has 7 heteroatoms. The molecule has 0 aromatic heterocycles. The highest BCUT2D eigenvalue weighted by molar-refractivity contribution is 7.86. The highest BCUT2D eigenvalue weighted by atomic mass is 32.2. The zero-order chi connectivity index (χ0) is 15.3. The van der Waals surface area contributed by atoms with Gasteiger partial charge in [-0.05, 0) is 33.6 Å². The third-order valence-corrected chi connectivity index (χ3v) is 2.88. The van der Waals surface area contributed by atoms with E-state index in [0.717, 1.165) is 6.26 Å². The monoisotopic (exact) mass is 295 g/mol. The Morgan fingerprint density at radius 1 is 1.32 bits per heavy atom. The first-order chi connectivity index (χ1) is 8.44. The first-order valence-electron chi connectivity index (χ1n) is 6.27. The minimum absolute atomic E-state index is 0.378. The number of rotatable bonds is 6. The first kappa shape index (κ1) is 18.2. The minimum Gasteiger partial charge on any atom is -0.444 e. The fraction of sp³-hybridized carbons (Fsp3) is 0.917. The summed E-state index contributed by atoms with van der Waals surface area (Å²) in [4.78, 5) is 13.1. The Labute approximate surface area is 116 Å².